The molecule has 0 fully saturated rings. The van der Waals surface area contributed by atoms with E-state index < -0.39 is 17.5 Å². The molecule has 1 aliphatic rings. The van der Waals surface area contributed by atoms with Gasteiger partial charge in [0.1, 0.15) is 0 Å². The van der Waals surface area contributed by atoms with Gasteiger partial charge in [0, 0.05) is 36.5 Å². The predicted octanol–water partition coefficient (Wildman–Crippen LogP) is 4.09. The molecule has 162 valence electrons. The molecule has 2 aromatic carbocycles. The normalized spacial score (nSPS) is 13.3. The Bertz CT molecular complexity index is 1290. The van der Waals surface area contributed by atoms with Gasteiger partial charge >= 0.3 is 0 Å². The maximum atomic E-state index is 13.8. The molecule has 0 spiro atoms. The van der Waals surface area contributed by atoms with Crippen LogP contribution < -0.4 is 0 Å². The van der Waals surface area contributed by atoms with Crippen LogP contribution >= 0.6 is 0 Å². The van der Waals surface area contributed by atoms with Gasteiger partial charge in [-0.3, -0.25) is 14.6 Å². The molecule has 6 nitrogen and oxygen atoms in total. The van der Waals surface area contributed by atoms with Crippen molar-refractivity contribution in [2.75, 3.05) is 6.54 Å². The van der Waals surface area contributed by atoms with E-state index in [1.54, 1.807) is 30.3 Å². The first-order chi connectivity index (χ1) is 15.4. The van der Waals surface area contributed by atoms with Crippen LogP contribution in [0.2, 0.25) is 0 Å². The van der Waals surface area contributed by atoms with Gasteiger partial charge in [0.05, 0.1) is 23.6 Å². The number of nitrogens with one attached hydrogen (secondary N) is 1. The first kappa shape index (κ1) is 20.0. The highest BCUT2D eigenvalue weighted by Gasteiger charge is 2.28. The van der Waals surface area contributed by atoms with Crippen LogP contribution in [0.4, 0.5) is 13.2 Å². The average Bonchev–Trinajstić information content (AvgIpc) is 3.43. The number of hydrogen-bond donors (Lipinski definition) is 1. The van der Waals surface area contributed by atoms with E-state index in [9.17, 15) is 18.0 Å². The van der Waals surface area contributed by atoms with E-state index in [0.29, 0.717) is 29.9 Å². The van der Waals surface area contributed by atoms with E-state index in [4.69, 9.17) is 0 Å². The summed E-state index contributed by atoms with van der Waals surface area (Å²) < 4.78 is 42.4. The number of rotatable bonds is 3. The van der Waals surface area contributed by atoms with Gasteiger partial charge in [0.15, 0.2) is 17.5 Å². The predicted molar refractivity (Wildman–Crippen MR) is 111 cm³/mol. The van der Waals surface area contributed by atoms with Gasteiger partial charge in [-0.15, -0.1) is 0 Å². The average molecular weight is 437 g/mol. The van der Waals surface area contributed by atoms with Crippen LogP contribution in [0.1, 0.15) is 21.6 Å². The summed E-state index contributed by atoms with van der Waals surface area (Å²) in [5.41, 5.74) is 4.53. The third-order valence-corrected chi connectivity index (χ3v) is 5.69. The Morgan fingerprint density at radius 2 is 1.75 bits per heavy atom. The molecule has 1 aliphatic heterocycles. The second-order valence-electron chi connectivity index (χ2n) is 7.68. The van der Waals surface area contributed by atoms with Crippen LogP contribution in [0.3, 0.4) is 0 Å². The maximum Gasteiger partial charge on any atom is 0.254 e. The second kappa shape index (κ2) is 7.67. The fourth-order valence-corrected chi connectivity index (χ4v) is 4.14. The summed E-state index contributed by atoms with van der Waals surface area (Å²) in [5.74, 6) is -4.12. The van der Waals surface area contributed by atoms with Crippen molar-refractivity contribution in [3.63, 3.8) is 0 Å². The molecule has 0 bridgehead atoms. The number of fused-ring (bicyclic) bond motifs is 1. The number of carbonyl (C=O) groups excluding carboxylic acids is 1. The molecule has 0 atom stereocenters. The summed E-state index contributed by atoms with van der Waals surface area (Å²) in [6, 6.07) is 11.0. The number of amides is 1. The molecule has 0 radical (unpaired) electrons. The lowest BCUT2D eigenvalue weighted by Gasteiger charge is -2.26. The lowest BCUT2D eigenvalue weighted by atomic mass is 9.99. The van der Waals surface area contributed by atoms with E-state index in [1.165, 1.54) is 4.68 Å². The molecule has 3 heterocycles. The van der Waals surface area contributed by atoms with Crippen molar-refractivity contribution >= 4 is 5.91 Å². The Morgan fingerprint density at radius 1 is 1.03 bits per heavy atom. The summed E-state index contributed by atoms with van der Waals surface area (Å²) in [7, 11) is 1.66. The highest BCUT2D eigenvalue weighted by Crippen LogP contribution is 2.32. The number of hydrogen-bond acceptors (Lipinski definition) is 3. The molecule has 32 heavy (non-hydrogen) atoms. The number of nitrogens with zero attached hydrogens (tertiary/aromatic N) is 4. The number of halogens is 3. The maximum absolute atomic E-state index is 13.8. The molecule has 0 saturated heterocycles. The smallest absolute Gasteiger partial charge is 0.254 e. The number of carbonyl (C=O) groups is 1. The molecule has 2 aromatic heterocycles. The van der Waals surface area contributed by atoms with Gasteiger partial charge in [-0.2, -0.15) is 10.2 Å². The van der Waals surface area contributed by atoms with Gasteiger partial charge < -0.3 is 4.90 Å². The molecular formula is C23H18F3N5O. The van der Waals surface area contributed by atoms with Crippen molar-refractivity contribution in [1.82, 2.24) is 24.9 Å². The Kier molecular flexibility index (Phi) is 4.80. The topological polar surface area (TPSA) is 66.8 Å². The Labute approximate surface area is 181 Å². The van der Waals surface area contributed by atoms with Gasteiger partial charge in [-0.25, -0.2) is 13.2 Å². The minimum Gasteiger partial charge on any atom is -0.332 e. The monoisotopic (exact) mass is 437 g/mol. The van der Waals surface area contributed by atoms with Gasteiger partial charge in [0.25, 0.3) is 5.91 Å². The summed E-state index contributed by atoms with van der Waals surface area (Å²) in [5, 5.41) is 11.3. The van der Waals surface area contributed by atoms with Crippen molar-refractivity contribution in [2.45, 2.75) is 13.0 Å². The molecular weight excluding hydrogens is 419 g/mol. The zero-order valence-electron chi connectivity index (χ0n) is 17.1. The summed E-state index contributed by atoms with van der Waals surface area (Å²) in [6.45, 7) is 0.704. The van der Waals surface area contributed by atoms with E-state index in [2.05, 4.69) is 15.3 Å². The second-order valence-corrected chi connectivity index (χ2v) is 7.68. The first-order valence-electron chi connectivity index (χ1n) is 10.0. The lowest BCUT2D eigenvalue weighted by molar-refractivity contribution is 0.0732. The Morgan fingerprint density at radius 3 is 2.41 bits per heavy atom. The van der Waals surface area contributed by atoms with E-state index in [1.807, 2.05) is 18.2 Å². The SMILES string of the molecule is Cn1nc2c(c1-c1cc(F)c(F)c(F)c1)CCN(C(=O)c1ccc(-c3ccn[nH]3)cc1)C2. The van der Waals surface area contributed by atoms with Crippen molar-refractivity contribution in [3.8, 4) is 22.5 Å². The fraction of sp³-hybridized carbons (Fsp3) is 0.174. The number of aryl methyl sites for hydroxylation is 1. The molecule has 0 saturated carbocycles. The van der Waals surface area contributed by atoms with E-state index in [-0.39, 0.29) is 18.0 Å². The van der Waals surface area contributed by atoms with Crippen LogP contribution in [0, 0.1) is 17.5 Å². The van der Waals surface area contributed by atoms with Crippen molar-refractivity contribution < 1.29 is 18.0 Å². The molecule has 0 unspecified atom stereocenters. The van der Waals surface area contributed by atoms with Crippen LogP contribution in [0.25, 0.3) is 22.5 Å². The van der Waals surface area contributed by atoms with Crippen molar-refractivity contribution in [2.24, 2.45) is 7.05 Å². The van der Waals surface area contributed by atoms with E-state index in [0.717, 1.165) is 29.0 Å². The molecule has 9 heteroatoms. The largest absolute Gasteiger partial charge is 0.332 e. The summed E-state index contributed by atoms with van der Waals surface area (Å²) in [6.07, 6.45) is 2.13. The molecule has 5 rings (SSSR count). The highest BCUT2D eigenvalue weighted by molar-refractivity contribution is 5.94. The van der Waals surface area contributed by atoms with Gasteiger partial charge in [-0.1, -0.05) is 12.1 Å². The van der Waals surface area contributed by atoms with Gasteiger partial charge in [0.2, 0.25) is 0 Å². The number of aromatic nitrogens is 4. The van der Waals surface area contributed by atoms with Crippen LogP contribution in [-0.2, 0) is 20.0 Å². The minimum absolute atomic E-state index is 0.127. The number of aromatic amines is 1. The standard InChI is InChI=1S/C23H18F3N5O/c1-30-22(15-10-17(24)21(26)18(25)11-15)16-7-9-31(12-20(16)29-30)23(32)14-4-2-13(3-5-14)19-6-8-27-28-19/h2-6,8,10-11H,7,9,12H2,1H3,(H,27,28). The van der Waals surface area contributed by atoms with Crippen LogP contribution in [0.15, 0.2) is 48.7 Å². The quantitative estimate of drug-likeness (QED) is 0.491. The van der Waals surface area contributed by atoms with Crippen molar-refractivity contribution in [1.29, 1.82) is 0 Å². The highest BCUT2D eigenvalue weighted by atomic mass is 19.2. The lowest BCUT2D eigenvalue weighted by Crippen LogP contribution is -2.35. The number of H-pyrrole nitrogens is 1. The van der Waals surface area contributed by atoms with Crippen LogP contribution in [0.5, 0.6) is 0 Å². The third-order valence-electron chi connectivity index (χ3n) is 5.69. The Hall–Kier alpha value is -3.88. The zero-order chi connectivity index (χ0) is 22.4. The molecule has 0 aliphatic carbocycles. The molecule has 4 aromatic rings. The summed E-state index contributed by atoms with van der Waals surface area (Å²) >= 11 is 0. The Balaban J connectivity index is 1.40. The first-order valence-corrected chi connectivity index (χ1v) is 10.0. The van der Waals surface area contributed by atoms with E-state index >= 15 is 0 Å². The molecule has 1 N–H and O–H groups in total. The van der Waals surface area contributed by atoms with Gasteiger partial charge in [-0.05, 0) is 42.3 Å². The summed E-state index contributed by atoms with van der Waals surface area (Å²) in [4.78, 5) is 14.7. The molecule has 1 amide bonds. The fourth-order valence-electron chi connectivity index (χ4n) is 4.14. The number of benzene rings is 2. The van der Waals surface area contributed by atoms with Crippen molar-refractivity contribution in [3.05, 3.63) is 82.9 Å². The zero-order valence-corrected chi connectivity index (χ0v) is 17.1. The van der Waals surface area contributed by atoms with Crippen LogP contribution in [-0.4, -0.2) is 37.3 Å². The minimum atomic E-state index is -1.50. The third kappa shape index (κ3) is 3.35.